The number of amides is 1. The van der Waals surface area contributed by atoms with Crippen LogP contribution in [0.2, 0.25) is 0 Å². The number of nitrogens with one attached hydrogen (secondary N) is 1. The van der Waals surface area contributed by atoms with Gasteiger partial charge in [-0.1, -0.05) is 0 Å². The number of thiophene rings is 1. The van der Waals surface area contributed by atoms with Crippen molar-refractivity contribution in [2.45, 2.75) is 24.6 Å². The van der Waals surface area contributed by atoms with Gasteiger partial charge < -0.3 is 10.1 Å². The first-order chi connectivity index (χ1) is 9.67. The number of carbonyl (C=O) groups is 2. The van der Waals surface area contributed by atoms with Crippen molar-refractivity contribution in [3.05, 3.63) is 16.0 Å². The third kappa shape index (κ3) is 2.50. The first kappa shape index (κ1) is 16.1. The highest BCUT2D eigenvalue weighted by Crippen LogP contribution is 2.64. The second kappa shape index (κ2) is 5.16. The van der Waals surface area contributed by atoms with E-state index in [-0.39, 0.29) is 16.3 Å². The van der Waals surface area contributed by atoms with Gasteiger partial charge in [-0.05, 0) is 25.8 Å². The van der Waals surface area contributed by atoms with Gasteiger partial charge >= 0.3 is 5.97 Å². The zero-order valence-electron chi connectivity index (χ0n) is 11.5. The maximum atomic E-state index is 12.2. The van der Waals surface area contributed by atoms with Crippen molar-refractivity contribution >= 4 is 51.4 Å². The number of rotatable bonds is 3. The molecule has 1 aromatic rings. The number of nitrogens with zero attached hydrogens (tertiary/aromatic N) is 1. The second-order valence-corrected chi connectivity index (χ2v) is 7.54. The van der Waals surface area contributed by atoms with Gasteiger partial charge in [0, 0.05) is 0 Å². The Labute approximate surface area is 135 Å². The Bertz CT molecular complexity index is 678. The Morgan fingerprint density at radius 1 is 1.48 bits per heavy atom. The fraction of sp³-hybridized carbons (Fsp3) is 0.462. The minimum absolute atomic E-state index is 0.243. The van der Waals surface area contributed by atoms with Gasteiger partial charge in [-0.15, -0.1) is 34.5 Å². The van der Waals surface area contributed by atoms with Crippen LogP contribution in [0.4, 0.5) is 5.00 Å². The molecule has 1 N–H and O–H groups in total. The van der Waals surface area contributed by atoms with Crippen molar-refractivity contribution < 1.29 is 14.3 Å². The summed E-state index contributed by atoms with van der Waals surface area (Å²) >= 11 is 12.9. The van der Waals surface area contributed by atoms with E-state index in [1.165, 1.54) is 7.11 Å². The van der Waals surface area contributed by atoms with Gasteiger partial charge in [0.1, 0.15) is 20.3 Å². The van der Waals surface area contributed by atoms with Gasteiger partial charge in [-0.25, -0.2) is 4.79 Å². The molecular weight excluding hydrogens is 335 g/mol. The monoisotopic (exact) mass is 346 g/mol. The van der Waals surface area contributed by atoms with Crippen molar-refractivity contribution in [2.75, 3.05) is 12.4 Å². The van der Waals surface area contributed by atoms with E-state index >= 15 is 0 Å². The van der Waals surface area contributed by atoms with Crippen LogP contribution in [0.3, 0.4) is 0 Å². The maximum absolute atomic E-state index is 12.2. The van der Waals surface area contributed by atoms with Crippen LogP contribution in [-0.4, -0.2) is 23.3 Å². The molecule has 1 amide bonds. The van der Waals surface area contributed by atoms with E-state index in [0.717, 1.165) is 11.3 Å². The molecule has 5 nitrogen and oxygen atoms in total. The first-order valence-corrected chi connectivity index (χ1v) is 7.56. The molecule has 0 radical (unpaired) electrons. The summed E-state index contributed by atoms with van der Waals surface area (Å²) in [7, 11) is 1.26. The lowest BCUT2D eigenvalue weighted by atomic mass is 10.1. The molecule has 0 spiro atoms. The predicted octanol–water partition coefficient (Wildman–Crippen LogP) is 3.24. The van der Waals surface area contributed by atoms with E-state index in [1.807, 2.05) is 6.07 Å². The van der Waals surface area contributed by atoms with Gasteiger partial charge in [0.05, 0.1) is 18.1 Å². The summed E-state index contributed by atoms with van der Waals surface area (Å²) in [5, 5.41) is 12.1. The molecule has 0 bridgehead atoms. The van der Waals surface area contributed by atoms with Crippen LogP contribution in [0.25, 0.3) is 0 Å². The van der Waals surface area contributed by atoms with Gasteiger partial charge in [-0.3, -0.25) is 4.79 Å². The van der Waals surface area contributed by atoms with Crippen LogP contribution < -0.4 is 5.32 Å². The van der Waals surface area contributed by atoms with Crippen LogP contribution >= 0.6 is 34.5 Å². The Kier molecular flexibility index (Phi) is 3.96. The molecule has 112 valence electrons. The van der Waals surface area contributed by atoms with E-state index in [9.17, 15) is 14.9 Å². The molecule has 1 heterocycles. The standard InChI is InChI=1S/C13H12Cl2N2O3S/c1-6-7(4-16)9(21-8(6)10(18)20-3)17-11(19)12(2)5-13(12,14)15/h5H2,1-3H3,(H,17,19)/t12-/m0/s1. The van der Waals surface area contributed by atoms with E-state index in [2.05, 4.69) is 10.1 Å². The molecule has 1 fully saturated rings. The van der Waals surface area contributed by atoms with Crippen molar-refractivity contribution in [3.63, 3.8) is 0 Å². The SMILES string of the molecule is COC(=O)c1sc(NC(=O)[C@]2(C)CC2(Cl)Cl)c(C#N)c1C. The summed E-state index contributed by atoms with van der Waals surface area (Å²) in [4.78, 5) is 24.2. The quantitative estimate of drug-likeness (QED) is 0.672. The highest BCUT2D eigenvalue weighted by atomic mass is 35.5. The van der Waals surface area contributed by atoms with Gasteiger partial charge in [0.25, 0.3) is 0 Å². The molecule has 21 heavy (non-hydrogen) atoms. The predicted molar refractivity (Wildman–Crippen MR) is 80.9 cm³/mol. The molecule has 1 aromatic heterocycles. The Morgan fingerprint density at radius 3 is 2.48 bits per heavy atom. The smallest absolute Gasteiger partial charge is 0.348 e. The number of hydrogen-bond donors (Lipinski definition) is 1. The summed E-state index contributed by atoms with van der Waals surface area (Å²) in [6.45, 7) is 3.28. The highest BCUT2D eigenvalue weighted by molar-refractivity contribution is 7.18. The molecule has 2 rings (SSSR count). The molecule has 0 saturated heterocycles. The number of alkyl halides is 2. The fourth-order valence-electron chi connectivity index (χ4n) is 1.91. The number of hydrogen-bond acceptors (Lipinski definition) is 5. The molecule has 1 aliphatic carbocycles. The zero-order valence-corrected chi connectivity index (χ0v) is 13.9. The largest absolute Gasteiger partial charge is 0.465 e. The summed E-state index contributed by atoms with van der Waals surface area (Å²) in [6.07, 6.45) is 0.338. The molecule has 0 aliphatic heterocycles. The van der Waals surface area contributed by atoms with E-state index in [1.54, 1.807) is 13.8 Å². The first-order valence-electron chi connectivity index (χ1n) is 5.99. The van der Waals surface area contributed by atoms with Crippen molar-refractivity contribution in [3.8, 4) is 6.07 Å². The number of halogens is 2. The van der Waals surface area contributed by atoms with E-state index in [0.29, 0.717) is 17.0 Å². The van der Waals surface area contributed by atoms with Gasteiger partial charge in [0.15, 0.2) is 0 Å². The minimum Gasteiger partial charge on any atom is -0.465 e. The number of anilines is 1. The third-order valence-corrected chi connectivity index (χ3v) is 5.90. The minimum atomic E-state index is -1.10. The summed E-state index contributed by atoms with van der Waals surface area (Å²) in [6, 6.07) is 1.98. The Balaban J connectivity index is 2.32. The van der Waals surface area contributed by atoms with Crippen LogP contribution in [-0.2, 0) is 9.53 Å². The summed E-state index contributed by atoms with van der Waals surface area (Å²) in [5.74, 6) is -0.919. The van der Waals surface area contributed by atoms with Crippen molar-refractivity contribution in [1.82, 2.24) is 0 Å². The average molecular weight is 347 g/mol. The second-order valence-electron chi connectivity index (χ2n) is 5.03. The van der Waals surface area contributed by atoms with Gasteiger partial charge in [-0.2, -0.15) is 5.26 Å². The molecule has 1 saturated carbocycles. The van der Waals surface area contributed by atoms with Crippen LogP contribution in [0, 0.1) is 23.7 Å². The van der Waals surface area contributed by atoms with Crippen LogP contribution in [0.1, 0.15) is 34.1 Å². The van der Waals surface area contributed by atoms with Gasteiger partial charge in [0.2, 0.25) is 5.91 Å². The molecule has 8 heteroatoms. The Morgan fingerprint density at radius 2 is 2.05 bits per heavy atom. The lowest BCUT2D eigenvalue weighted by Gasteiger charge is -2.11. The van der Waals surface area contributed by atoms with Crippen LogP contribution in [0.5, 0.6) is 0 Å². The highest BCUT2D eigenvalue weighted by Gasteiger charge is 2.68. The number of carbonyl (C=O) groups excluding carboxylic acids is 2. The summed E-state index contributed by atoms with van der Waals surface area (Å²) in [5.41, 5.74) is -0.173. The number of methoxy groups -OCH3 is 1. The normalized spacial score (nSPS) is 22.3. The topological polar surface area (TPSA) is 79.2 Å². The molecule has 1 aliphatic rings. The molecule has 1 atom stereocenters. The number of nitriles is 1. The average Bonchev–Trinajstić information content (AvgIpc) is 2.78. The molecular formula is C13H12Cl2N2O3S. The zero-order chi connectivity index (χ0) is 16.0. The lowest BCUT2D eigenvalue weighted by Crippen LogP contribution is -2.25. The molecule has 0 aromatic carbocycles. The van der Waals surface area contributed by atoms with E-state index < -0.39 is 15.7 Å². The third-order valence-electron chi connectivity index (χ3n) is 3.62. The lowest BCUT2D eigenvalue weighted by molar-refractivity contribution is -0.120. The van der Waals surface area contributed by atoms with E-state index in [4.69, 9.17) is 23.2 Å². The molecule has 0 unspecified atom stereocenters. The fourth-order valence-corrected chi connectivity index (χ4v) is 3.69. The summed E-state index contributed by atoms with van der Waals surface area (Å²) < 4.78 is 3.56. The number of esters is 1. The van der Waals surface area contributed by atoms with Crippen LogP contribution in [0.15, 0.2) is 0 Å². The Hall–Kier alpha value is -1.29. The van der Waals surface area contributed by atoms with Crippen molar-refractivity contribution in [1.29, 1.82) is 5.26 Å². The number of ether oxygens (including phenoxy) is 1. The maximum Gasteiger partial charge on any atom is 0.348 e. The van der Waals surface area contributed by atoms with Crippen molar-refractivity contribution in [2.24, 2.45) is 5.41 Å².